The van der Waals surface area contributed by atoms with Crippen molar-refractivity contribution in [2.24, 2.45) is 11.7 Å². The number of hydrogen-bond acceptors (Lipinski definition) is 9. The fourth-order valence-corrected chi connectivity index (χ4v) is 7.73. The van der Waals surface area contributed by atoms with Gasteiger partial charge in [-0.2, -0.15) is 11.8 Å². The molecule has 12 heteroatoms. The Morgan fingerprint density at radius 2 is 1.86 bits per heavy atom. The average molecular weight is 640 g/mol. The Balaban J connectivity index is 2.15. The van der Waals surface area contributed by atoms with E-state index in [1.807, 2.05) is 50.3 Å². The van der Waals surface area contributed by atoms with Gasteiger partial charge in [0, 0.05) is 18.8 Å². The molecule has 1 aliphatic heterocycles. The minimum atomic E-state index is -1.87. The van der Waals surface area contributed by atoms with Gasteiger partial charge < -0.3 is 29.8 Å². The van der Waals surface area contributed by atoms with Crippen molar-refractivity contribution in [1.29, 1.82) is 0 Å². The van der Waals surface area contributed by atoms with Gasteiger partial charge in [-0.1, -0.05) is 42.0 Å². The number of primary amides is 1. The Labute approximate surface area is 262 Å². The molecule has 238 valence electrons. The standard InChI is InChI=1S/C31H42ClNO9S/c1-20(2)10-11-24-29(3,40-24)31(42-28(33)38)27(39-4)22(23(34)18-32)14-16-30(31,41-26(37)13-12-25(35)36)19-43-17-15-21-8-6-5-7-9-21/h5-10,22,24,27H,11-19H2,1-4H3,(H2,33,38)(H,35,36). The lowest BCUT2D eigenvalue weighted by Gasteiger charge is -2.58. The molecule has 6 atom stereocenters. The van der Waals surface area contributed by atoms with Crippen LogP contribution in [0.15, 0.2) is 42.0 Å². The van der Waals surface area contributed by atoms with E-state index < -0.39 is 65.8 Å². The Morgan fingerprint density at radius 3 is 2.44 bits per heavy atom. The van der Waals surface area contributed by atoms with Gasteiger partial charge in [0.1, 0.15) is 11.7 Å². The van der Waals surface area contributed by atoms with Crippen LogP contribution in [-0.2, 0) is 39.8 Å². The highest BCUT2D eigenvalue weighted by atomic mass is 35.5. The van der Waals surface area contributed by atoms with Crippen LogP contribution in [0.1, 0.15) is 58.4 Å². The first-order valence-electron chi connectivity index (χ1n) is 14.3. The summed E-state index contributed by atoms with van der Waals surface area (Å²) in [4.78, 5) is 50.5. The van der Waals surface area contributed by atoms with Crippen molar-refractivity contribution in [3.8, 4) is 0 Å². The number of carbonyl (C=O) groups is 4. The second kappa shape index (κ2) is 14.9. The van der Waals surface area contributed by atoms with Crippen LogP contribution in [0.3, 0.4) is 0 Å². The van der Waals surface area contributed by atoms with Gasteiger partial charge in [0.15, 0.2) is 11.4 Å². The largest absolute Gasteiger partial charge is 0.481 e. The van der Waals surface area contributed by atoms with Gasteiger partial charge in [-0.05, 0) is 57.8 Å². The number of carbonyl (C=O) groups excluding carboxylic acids is 3. The van der Waals surface area contributed by atoms with Crippen molar-refractivity contribution < 1.29 is 43.2 Å². The quantitative estimate of drug-likeness (QED) is 0.0855. The third kappa shape index (κ3) is 7.74. The molecule has 0 aromatic heterocycles. The molecule has 10 nitrogen and oxygen atoms in total. The Morgan fingerprint density at radius 1 is 1.16 bits per heavy atom. The number of methoxy groups -OCH3 is 1. The van der Waals surface area contributed by atoms with E-state index in [-0.39, 0.29) is 30.3 Å². The van der Waals surface area contributed by atoms with Crippen molar-refractivity contribution in [3.05, 3.63) is 47.5 Å². The fraction of sp³-hybridized carbons (Fsp3) is 0.613. The number of allylic oxidation sites excluding steroid dienone is 1. The highest BCUT2D eigenvalue weighted by Crippen LogP contribution is 2.61. The van der Waals surface area contributed by atoms with Crippen LogP contribution in [0.4, 0.5) is 4.79 Å². The van der Waals surface area contributed by atoms with E-state index in [4.69, 9.17) is 36.3 Å². The number of halogens is 1. The van der Waals surface area contributed by atoms with Crippen LogP contribution in [0.5, 0.6) is 0 Å². The molecule has 2 aliphatic rings. The summed E-state index contributed by atoms with van der Waals surface area (Å²) in [7, 11) is 1.39. The van der Waals surface area contributed by atoms with Crippen molar-refractivity contribution >= 4 is 47.2 Å². The number of thioether (sulfide) groups is 1. The lowest BCUT2D eigenvalue weighted by atomic mass is 9.59. The van der Waals surface area contributed by atoms with Crippen LogP contribution >= 0.6 is 23.4 Å². The van der Waals surface area contributed by atoms with Gasteiger partial charge in [0.05, 0.1) is 24.8 Å². The number of nitrogens with two attached hydrogens (primary N) is 1. The summed E-state index contributed by atoms with van der Waals surface area (Å²) in [5.74, 6) is -2.61. The number of alkyl halides is 1. The second-order valence-electron chi connectivity index (χ2n) is 11.4. The second-order valence-corrected chi connectivity index (χ2v) is 12.8. The third-order valence-corrected chi connectivity index (χ3v) is 9.78. The molecule has 3 N–H and O–H groups in total. The first kappa shape index (κ1) is 34.9. The van der Waals surface area contributed by atoms with Crippen molar-refractivity contribution in [2.45, 2.75) is 88.3 Å². The number of hydrogen-bond donors (Lipinski definition) is 2. The summed E-state index contributed by atoms with van der Waals surface area (Å²) in [6.07, 6.45) is -0.162. The number of epoxide rings is 1. The van der Waals surface area contributed by atoms with Crippen molar-refractivity contribution in [2.75, 3.05) is 24.5 Å². The summed E-state index contributed by atoms with van der Waals surface area (Å²) in [6.45, 7) is 5.63. The predicted octanol–water partition coefficient (Wildman–Crippen LogP) is 4.69. The minimum Gasteiger partial charge on any atom is -0.481 e. The zero-order valence-electron chi connectivity index (χ0n) is 25.1. The molecule has 1 saturated carbocycles. The number of aliphatic carboxylic acids is 1. The summed E-state index contributed by atoms with van der Waals surface area (Å²) in [5.41, 5.74) is 3.16. The summed E-state index contributed by atoms with van der Waals surface area (Å²) in [5, 5.41) is 9.22. The van der Waals surface area contributed by atoms with Crippen LogP contribution in [-0.4, -0.2) is 82.4 Å². The van der Waals surface area contributed by atoms with E-state index in [2.05, 4.69) is 0 Å². The normalized spacial score (nSPS) is 29.7. The average Bonchev–Trinajstić information content (AvgIpc) is 3.64. The van der Waals surface area contributed by atoms with E-state index in [1.54, 1.807) is 6.92 Å². The minimum absolute atomic E-state index is 0.0961. The molecular weight excluding hydrogens is 598 g/mol. The molecule has 0 radical (unpaired) electrons. The molecule has 2 fully saturated rings. The molecule has 1 aliphatic carbocycles. The summed E-state index contributed by atoms with van der Waals surface area (Å²) < 4.78 is 24.7. The Kier molecular flexibility index (Phi) is 12.1. The van der Waals surface area contributed by atoms with Gasteiger partial charge in [-0.15, -0.1) is 11.6 Å². The lowest BCUT2D eigenvalue weighted by Crippen LogP contribution is -2.77. The van der Waals surface area contributed by atoms with Gasteiger partial charge >= 0.3 is 18.0 Å². The SMILES string of the molecule is COC1C(C(=O)CCl)CCC(CSCCc2ccccc2)(OC(=O)CCC(=O)O)C1(OC(N)=O)C1(C)OC1CC=C(C)C. The number of carboxylic acid groups (broad SMARTS) is 1. The number of rotatable bonds is 16. The molecule has 0 spiro atoms. The molecule has 1 saturated heterocycles. The number of ketones is 1. The zero-order chi connectivity index (χ0) is 31.8. The monoisotopic (exact) mass is 639 g/mol. The number of Topliss-reactive ketones (excluding diaryl/α,β-unsaturated/α-hetero) is 1. The van der Waals surface area contributed by atoms with Crippen molar-refractivity contribution in [1.82, 2.24) is 0 Å². The van der Waals surface area contributed by atoms with Crippen LogP contribution in [0, 0.1) is 5.92 Å². The van der Waals surface area contributed by atoms with Gasteiger partial charge in [-0.25, -0.2) is 4.79 Å². The van der Waals surface area contributed by atoms with Crippen LogP contribution in [0.2, 0.25) is 0 Å². The first-order valence-corrected chi connectivity index (χ1v) is 16.0. The number of carboxylic acids is 1. The molecule has 0 bridgehead atoms. The number of aryl methyl sites for hydroxylation is 1. The van der Waals surface area contributed by atoms with Gasteiger partial charge in [-0.3, -0.25) is 14.4 Å². The van der Waals surface area contributed by atoms with Crippen LogP contribution in [0.25, 0.3) is 0 Å². The topological polar surface area (TPSA) is 155 Å². The molecule has 3 rings (SSSR count). The van der Waals surface area contributed by atoms with Crippen molar-refractivity contribution in [3.63, 3.8) is 0 Å². The number of ether oxygens (including phenoxy) is 4. The van der Waals surface area contributed by atoms with E-state index in [1.165, 1.54) is 18.9 Å². The highest BCUT2D eigenvalue weighted by molar-refractivity contribution is 7.99. The van der Waals surface area contributed by atoms with E-state index in [0.717, 1.165) is 17.6 Å². The summed E-state index contributed by atoms with van der Waals surface area (Å²) >= 11 is 7.50. The summed E-state index contributed by atoms with van der Waals surface area (Å²) in [6, 6.07) is 9.87. The van der Waals surface area contributed by atoms with E-state index in [0.29, 0.717) is 12.2 Å². The van der Waals surface area contributed by atoms with Gasteiger partial charge in [0.2, 0.25) is 5.60 Å². The van der Waals surface area contributed by atoms with Gasteiger partial charge in [0.25, 0.3) is 0 Å². The molecule has 1 aromatic rings. The molecule has 43 heavy (non-hydrogen) atoms. The number of benzene rings is 1. The lowest BCUT2D eigenvalue weighted by molar-refractivity contribution is -0.265. The zero-order valence-corrected chi connectivity index (χ0v) is 26.7. The first-order chi connectivity index (χ1) is 20.4. The fourth-order valence-electron chi connectivity index (χ4n) is 6.26. The predicted molar refractivity (Wildman–Crippen MR) is 163 cm³/mol. The third-order valence-electron chi connectivity index (χ3n) is 8.35. The molecular formula is C31H42ClNO9S. The maximum absolute atomic E-state index is 13.3. The molecule has 6 unspecified atom stereocenters. The van der Waals surface area contributed by atoms with E-state index >= 15 is 0 Å². The molecule has 1 aromatic carbocycles. The maximum atomic E-state index is 13.3. The maximum Gasteiger partial charge on any atom is 0.405 e. The smallest absolute Gasteiger partial charge is 0.405 e. The number of esters is 1. The van der Waals surface area contributed by atoms with Crippen LogP contribution < -0.4 is 5.73 Å². The van der Waals surface area contributed by atoms with E-state index in [9.17, 15) is 24.3 Å². The molecule has 1 heterocycles. The molecule has 1 amide bonds. The Bertz CT molecular complexity index is 1190. The Hall–Kier alpha value is -2.60. The number of amides is 1. The highest BCUT2D eigenvalue weighted by Gasteiger charge is 2.81.